The molecule has 5 unspecified atom stereocenters. The summed E-state index contributed by atoms with van der Waals surface area (Å²) in [5.41, 5.74) is 0. The van der Waals surface area contributed by atoms with E-state index in [1.807, 2.05) is 0 Å². The molecule has 4 aliphatic rings. The van der Waals surface area contributed by atoms with Gasteiger partial charge in [0, 0.05) is 18.1 Å². The first-order valence-corrected chi connectivity index (χ1v) is 6.41. The minimum absolute atomic E-state index is 0.837. The Morgan fingerprint density at radius 2 is 2.00 bits per heavy atom. The van der Waals surface area contributed by atoms with Gasteiger partial charge in [-0.15, -0.1) is 0 Å². The zero-order valence-corrected chi connectivity index (χ0v) is 8.71. The van der Waals surface area contributed by atoms with Gasteiger partial charge in [-0.3, -0.25) is 0 Å². The quantitative estimate of drug-likeness (QED) is 0.685. The summed E-state index contributed by atoms with van der Waals surface area (Å²) in [6.45, 7) is 1.31. The van der Waals surface area contributed by atoms with E-state index < -0.39 is 0 Å². The predicted octanol–water partition coefficient (Wildman–Crippen LogP) is 1.12. The van der Waals surface area contributed by atoms with Crippen LogP contribution in [0.25, 0.3) is 0 Å². The van der Waals surface area contributed by atoms with Gasteiger partial charge in [-0.1, -0.05) is 6.42 Å². The van der Waals surface area contributed by atoms with Crippen molar-refractivity contribution in [3.05, 3.63) is 0 Å². The van der Waals surface area contributed by atoms with Crippen molar-refractivity contribution in [2.75, 3.05) is 6.54 Å². The standard InChI is InChI=1S/C12H20N2/c1-2-9(3-1)14-11-7-4-8-6-13-12(11)10(8)5-7/h7-14H,1-6H2. The zero-order chi connectivity index (χ0) is 9.12. The van der Waals surface area contributed by atoms with E-state index in [4.69, 9.17) is 0 Å². The van der Waals surface area contributed by atoms with Crippen LogP contribution in [0.3, 0.4) is 0 Å². The molecule has 0 aromatic heterocycles. The number of fused-ring (bicyclic) bond motifs is 1. The van der Waals surface area contributed by atoms with Gasteiger partial charge in [-0.25, -0.2) is 0 Å². The minimum atomic E-state index is 0.837. The lowest BCUT2D eigenvalue weighted by Gasteiger charge is -2.36. The lowest BCUT2D eigenvalue weighted by Crippen LogP contribution is -2.52. The minimum Gasteiger partial charge on any atom is -0.312 e. The molecule has 2 nitrogen and oxygen atoms in total. The summed E-state index contributed by atoms with van der Waals surface area (Å²) in [6.07, 6.45) is 7.36. The van der Waals surface area contributed by atoms with Crippen LogP contribution in [0.1, 0.15) is 32.1 Å². The van der Waals surface area contributed by atoms with Crippen molar-refractivity contribution in [2.45, 2.75) is 50.2 Å². The fourth-order valence-corrected chi connectivity index (χ4v) is 4.38. The molecule has 4 rings (SSSR count). The van der Waals surface area contributed by atoms with E-state index in [2.05, 4.69) is 10.6 Å². The topological polar surface area (TPSA) is 24.1 Å². The van der Waals surface area contributed by atoms with Gasteiger partial charge < -0.3 is 10.6 Å². The molecule has 0 aromatic rings. The van der Waals surface area contributed by atoms with Crippen LogP contribution in [-0.4, -0.2) is 24.7 Å². The first kappa shape index (κ1) is 8.12. The Hall–Kier alpha value is -0.0800. The maximum Gasteiger partial charge on any atom is 0.0255 e. The van der Waals surface area contributed by atoms with E-state index in [0.29, 0.717) is 0 Å². The van der Waals surface area contributed by atoms with Crippen molar-refractivity contribution in [2.24, 2.45) is 17.8 Å². The highest BCUT2D eigenvalue weighted by molar-refractivity contribution is 5.12. The van der Waals surface area contributed by atoms with Gasteiger partial charge >= 0.3 is 0 Å². The van der Waals surface area contributed by atoms with Crippen molar-refractivity contribution in [1.29, 1.82) is 0 Å². The maximum atomic E-state index is 3.91. The van der Waals surface area contributed by atoms with Crippen LogP contribution >= 0.6 is 0 Å². The predicted molar refractivity (Wildman–Crippen MR) is 56.1 cm³/mol. The van der Waals surface area contributed by atoms with E-state index in [1.165, 1.54) is 38.6 Å². The number of rotatable bonds is 2. The van der Waals surface area contributed by atoms with E-state index in [0.717, 1.165) is 35.9 Å². The molecule has 0 aromatic carbocycles. The van der Waals surface area contributed by atoms with E-state index >= 15 is 0 Å². The maximum absolute atomic E-state index is 3.91. The summed E-state index contributed by atoms with van der Waals surface area (Å²) >= 11 is 0. The van der Waals surface area contributed by atoms with Gasteiger partial charge in [0.2, 0.25) is 0 Å². The zero-order valence-electron chi connectivity index (χ0n) is 8.71. The summed E-state index contributed by atoms with van der Waals surface area (Å²) in [4.78, 5) is 0. The summed E-state index contributed by atoms with van der Waals surface area (Å²) in [5.74, 6) is 3.10. The lowest BCUT2D eigenvalue weighted by molar-refractivity contribution is 0.230. The second kappa shape index (κ2) is 2.73. The molecule has 78 valence electrons. The molecule has 4 fully saturated rings. The van der Waals surface area contributed by atoms with Crippen molar-refractivity contribution in [1.82, 2.24) is 10.6 Å². The van der Waals surface area contributed by atoms with Crippen LogP contribution in [0.4, 0.5) is 0 Å². The largest absolute Gasteiger partial charge is 0.312 e. The molecule has 14 heavy (non-hydrogen) atoms. The average molecular weight is 192 g/mol. The number of hydrogen-bond donors (Lipinski definition) is 2. The average Bonchev–Trinajstić information content (AvgIpc) is 2.66. The van der Waals surface area contributed by atoms with Crippen LogP contribution in [-0.2, 0) is 0 Å². The smallest absolute Gasteiger partial charge is 0.0255 e. The van der Waals surface area contributed by atoms with Gasteiger partial charge in [-0.05, 0) is 50.0 Å². The van der Waals surface area contributed by atoms with E-state index in [-0.39, 0.29) is 0 Å². The van der Waals surface area contributed by atoms with Crippen molar-refractivity contribution in [3.8, 4) is 0 Å². The fourth-order valence-electron chi connectivity index (χ4n) is 4.38. The summed E-state index contributed by atoms with van der Waals surface area (Å²) in [5, 5.41) is 7.66. The highest BCUT2D eigenvalue weighted by Gasteiger charge is 2.56. The Labute approximate surface area is 85.8 Å². The molecule has 2 bridgehead atoms. The Balaban J connectivity index is 1.51. The third kappa shape index (κ3) is 0.938. The highest BCUT2D eigenvalue weighted by atomic mass is 15.1. The van der Waals surface area contributed by atoms with Gasteiger partial charge in [0.05, 0.1) is 0 Å². The third-order valence-electron chi connectivity index (χ3n) is 5.29. The first-order chi connectivity index (χ1) is 6.92. The SMILES string of the molecule is C1CC(NC2C3CC4CNC2C4C3)C1. The third-order valence-corrected chi connectivity index (χ3v) is 5.29. The first-order valence-electron chi connectivity index (χ1n) is 6.41. The van der Waals surface area contributed by atoms with Gasteiger partial charge in [0.15, 0.2) is 0 Å². The van der Waals surface area contributed by atoms with Crippen LogP contribution in [0.15, 0.2) is 0 Å². The normalized spacial score (nSPS) is 55.3. The molecular formula is C12H20N2. The Kier molecular flexibility index (Phi) is 1.58. The second-order valence-electron chi connectivity index (χ2n) is 5.91. The Morgan fingerprint density at radius 1 is 1.07 bits per heavy atom. The fraction of sp³-hybridized carbons (Fsp3) is 1.00. The summed E-state index contributed by atoms with van der Waals surface area (Å²) in [6, 6.07) is 2.56. The molecule has 0 spiro atoms. The molecule has 0 amide bonds. The van der Waals surface area contributed by atoms with Crippen LogP contribution in [0, 0.1) is 17.8 Å². The lowest BCUT2D eigenvalue weighted by atomic mass is 9.84. The van der Waals surface area contributed by atoms with E-state index in [1.54, 1.807) is 0 Å². The Morgan fingerprint density at radius 3 is 2.79 bits per heavy atom. The van der Waals surface area contributed by atoms with Crippen LogP contribution in [0.2, 0.25) is 0 Å². The monoisotopic (exact) mass is 192 g/mol. The Bertz CT molecular complexity index is 247. The number of hydrogen-bond acceptors (Lipinski definition) is 2. The van der Waals surface area contributed by atoms with Crippen molar-refractivity contribution >= 4 is 0 Å². The second-order valence-corrected chi connectivity index (χ2v) is 5.91. The van der Waals surface area contributed by atoms with Gasteiger partial charge in [-0.2, -0.15) is 0 Å². The molecule has 1 aliphatic heterocycles. The van der Waals surface area contributed by atoms with Crippen molar-refractivity contribution < 1.29 is 0 Å². The highest BCUT2D eigenvalue weighted by Crippen LogP contribution is 2.51. The summed E-state index contributed by atoms with van der Waals surface area (Å²) in [7, 11) is 0. The molecular weight excluding hydrogens is 172 g/mol. The molecule has 5 atom stereocenters. The molecule has 3 saturated carbocycles. The molecule has 2 heteroatoms. The van der Waals surface area contributed by atoms with Crippen LogP contribution in [0.5, 0.6) is 0 Å². The molecule has 1 saturated heterocycles. The molecule has 1 heterocycles. The molecule has 0 radical (unpaired) electrons. The summed E-state index contributed by atoms with van der Waals surface area (Å²) < 4.78 is 0. The van der Waals surface area contributed by atoms with Gasteiger partial charge in [0.25, 0.3) is 0 Å². The van der Waals surface area contributed by atoms with E-state index in [9.17, 15) is 0 Å². The van der Waals surface area contributed by atoms with Crippen molar-refractivity contribution in [3.63, 3.8) is 0 Å². The van der Waals surface area contributed by atoms with Gasteiger partial charge in [0.1, 0.15) is 0 Å². The molecule has 2 N–H and O–H groups in total. The number of nitrogens with one attached hydrogen (secondary N) is 2. The molecule has 3 aliphatic carbocycles. The van der Waals surface area contributed by atoms with Crippen LogP contribution < -0.4 is 10.6 Å².